The van der Waals surface area contributed by atoms with Crippen LogP contribution >= 0.6 is 0 Å². The van der Waals surface area contributed by atoms with Gasteiger partial charge in [-0.15, -0.1) is 0 Å². The number of nitrogens with two attached hydrogens (primary N) is 1. The van der Waals surface area contributed by atoms with E-state index in [9.17, 15) is 18.5 Å². The maximum Gasteiger partial charge on any atom is 0.350 e. The molecular formula is C11H10N4O5S. The molecule has 0 atom stereocenters. The summed E-state index contributed by atoms with van der Waals surface area (Å²) in [6.45, 7) is 1.78. The van der Waals surface area contributed by atoms with Gasteiger partial charge >= 0.3 is 21.7 Å². The molecule has 0 amide bonds. The summed E-state index contributed by atoms with van der Waals surface area (Å²) >= 11 is 0. The number of nitrogens with zero attached hydrogens (tertiary/aromatic N) is 3. The number of hydrogen-bond acceptors (Lipinski definition) is 8. The standard InChI is InChI=1S/C11H10N4O5S/c1-7-2-4-8(5-3-7)21(18,19)20-10-9(15(16)17)6-13-11(12)14-10/h2-6H,1H3,(H2,12,13,14). The van der Waals surface area contributed by atoms with Crippen LogP contribution in [0.5, 0.6) is 5.88 Å². The number of aryl methyl sites for hydroxylation is 1. The first-order valence-electron chi connectivity index (χ1n) is 5.57. The van der Waals surface area contributed by atoms with Crippen LogP contribution < -0.4 is 9.92 Å². The first-order valence-corrected chi connectivity index (χ1v) is 6.98. The predicted octanol–water partition coefficient (Wildman–Crippen LogP) is 1.04. The Bertz CT molecular complexity index is 789. The van der Waals surface area contributed by atoms with Gasteiger partial charge in [0, 0.05) is 0 Å². The molecule has 1 aromatic heterocycles. The molecule has 0 saturated carbocycles. The van der Waals surface area contributed by atoms with Crippen molar-refractivity contribution in [2.75, 3.05) is 5.73 Å². The van der Waals surface area contributed by atoms with Crippen molar-refractivity contribution in [3.05, 3.63) is 46.1 Å². The maximum atomic E-state index is 12.1. The highest BCUT2D eigenvalue weighted by Crippen LogP contribution is 2.27. The molecule has 0 aliphatic carbocycles. The second-order valence-electron chi connectivity index (χ2n) is 4.03. The molecule has 0 fully saturated rings. The third-order valence-electron chi connectivity index (χ3n) is 2.45. The van der Waals surface area contributed by atoms with Crippen LogP contribution in [-0.4, -0.2) is 23.3 Å². The average Bonchev–Trinajstić information content (AvgIpc) is 2.38. The molecule has 1 aromatic carbocycles. The van der Waals surface area contributed by atoms with Crippen LogP contribution in [0.3, 0.4) is 0 Å². The lowest BCUT2D eigenvalue weighted by atomic mass is 10.2. The van der Waals surface area contributed by atoms with Gasteiger partial charge in [0.1, 0.15) is 11.1 Å². The molecule has 0 aliphatic rings. The van der Waals surface area contributed by atoms with Gasteiger partial charge in [0.2, 0.25) is 5.95 Å². The van der Waals surface area contributed by atoms with E-state index < -0.39 is 26.6 Å². The third-order valence-corrected chi connectivity index (χ3v) is 3.68. The van der Waals surface area contributed by atoms with Crippen LogP contribution in [0.4, 0.5) is 11.6 Å². The number of nitrogen functional groups attached to an aromatic ring is 1. The van der Waals surface area contributed by atoms with E-state index in [1.807, 2.05) is 0 Å². The summed E-state index contributed by atoms with van der Waals surface area (Å²) in [5.41, 5.74) is 5.44. The van der Waals surface area contributed by atoms with Crippen LogP contribution in [0.15, 0.2) is 35.4 Å². The fraction of sp³-hybridized carbons (Fsp3) is 0.0909. The zero-order valence-corrected chi connectivity index (χ0v) is 11.6. The summed E-state index contributed by atoms with van der Waals surface area (Å²) in [5.74, 6) is -1.07. The SMILES string of the molecule is Cc1ccc(S(=O)(=O)Oc2nc(N)ncc2[N+](=O)[O-])cc1. The van der Waals surface area contributed by atoms with Crippen LogP contribution in [0, 0.1) is 17.0 Å². The molecule has 0 aliphatic heterocycles. The Hall–Kier alpha value is -2.75. The molecule has 0 bridgehead atoms. The minimum absolute atomic E-state index is 0.153. The Balaban J connectivity index is 2.43. The minimum Gasteiger partial charge on any atom is -0.368 e. The molecule has 9 nitrogen and oxygen atoms in total. The summed E-state index contributed by atoms with van der Waals surface area (Å²) in [4.78, 5) is 16.7. The van der Waals surface area contributed by atoms with E-state index >= 15 is 0 Å². The van der Waals surface area contributed by atoms with E-state index in [-0.39, 0.29) is 10.8 Å². The second kappa shape index (κ2) is 5.32. The lowest BCUT2D eigenvalue weighted by molar-refractivity contribution is -0.386. The zero-order valence-electron chi connectivity index (χ0n) is 10.8. The molecule has 2 rings (SSSR count). The molecule has 0 radical (unpaired) electrons. The van der Waals surface area contributed by atoms with Gasteiger partial charge in [0.15, 0.2) is 0 Å². The topological polar surface area (TPSA) is 138 Å². The van der Waals surface area contributed by atoms with Crippen molar-refractivity contribution in [2.24, 2.45) is 0 Å². The highest BCUT2D eigenvalue weighted by Gasteiger charge is 2.25. The molecule has 21 heavy (non-hydrogen) atoms. The van der Waals surface area contributed by atoms with Crippen molar-refractivity contribution in [3.63, 3.8) is 0 Å². The first kappa shape index (κ1) is 14.7. The van der Waals surface area contributed by atoms with Gasteiger partial charge in [-0.3, -0.25) is 10.1 Å². The van der Waals surface area contributed by atoms with E-state index in [1.165, 1.54) is 12.1 Å². The van der Waals surface area contributed by atoms with Gasteiger partial charge in [0.05, 0.1) is 4.92 Å². The van der Waals surface area contributed by atoms with Gasteiger partial charge in [-0.2, -0.15) is 13.4 Å². The largest absolute Gasteiger partial charge is 0.368 e. The van der Waals surface area contributed by atoms with Gasteiger partial charge in [-0.05, 0) is 19.1 Å². The van der Waals surface area contributed by atoms with E-state index in [4.69, 9.17) is 9.92 Å². The average molecular weight is 310 g/mol. The summed E-state index contributed by atoms with van der Waals surface area (Å²) in [6.07, 6.45) is 0.780. The molecular weight excluding hydrogens is 300 g/mol. The second-order valence-corrected chi connectivity index (χ2v) is 5.57. The Morgan fingerprint density at radius 2 is 1.90 bits per heavy atom. The quantitative estimate of drug-likeness (QED) is 0.502. The Morgan fingerprint density at radius 3 is 2.48 bits per heavy atom. The monoisotopic (exact) mass is 310 g/mol. The molecule has 10 heteroatoms. The molecule has 0 saturated heterocycles. The summed E-state index contributed by atoms with van der Waals surface area (Å²) in [6, 6.07) is 5.78. The van der Waals surface area contributed by atoms with Crippen molar-refractivity contribution < 1.29 is 17.5 Å². The Labute approximate surface area is 119 Å². The molecule has 2 aromatic rings. The molecule has 110 valence electrons. The Morgan fingerprint density at radius 1 is 1.29 bits per heavy atom. The number of nitro groups is 1. The van der Waals surface area contributed by atoms with Crippen molar-refractivity contribution >= 4 is 21.8 Å². The smallest absolute Gasteiger partial charge is 0.350 e. The zero-order chi connectivity index (χ0) is 15.6. The lowest BCUT2D eigenvalue weighted by Crippen LogP contribution is -2.13. The van der Waals surface area contributed by atoms with Crippen LogP contribution in [0.1, 0.15) is 5.56 Å². The maximum absolute atomic E-state index is 12.1. The van der Waals surface area contributed by atoms with Gasteiger partial charge in [0.25, 0.3) is 0 Å². The van der Waals surface area contributed by atoms with E-state index in [0.29, 0.717) is 0 Å². The lowest BCUT2D eigenvalue weighted by Gasteiger charge is -2.06. The normalized spacial score (nSPS) is 11.1. The number of anilines is 1. The number of hydrogen-bond donors (Lipinski definition) is 1. The van der Waals surface area contributed by atoms with Crippen LogP contribution in [0.2, 0.25) is 0 Å². The van der Waals surface area contributed by atoms with Gasteiger partial charge in [-0.25, -0.2) is 4.98 Å². The van der Waals surface area contributed by atoms with Gasteiger partial charge in [-0.1, -0.05) is 17.7 Å². The number of rotatable bonds is 4. The van der Waals surface area contributed by atoms with Crippen molar-refractivity contribution in [3.8, 4) is 5.88 Å². The van der Waals surface area contributed by atoms with Crippen molar-refractivity contribution in [1.29, 1.82) is 0 Å². The first-order chi connectivity index (χ1) is 9.79. The van der Waals surface area contributed by atoms with Gasteiger partial charge < -0.3 is 9.92 Å². The van der Waals surface area contributed by atoms with Crippen molar-refractivity contribution in [1.82, 2.24) is 9.97 Å². The third kappa shape index (κ3) is 3.23. The van der Waals surface area contributed by atoms with E-state index in [1.54, 1.807) is 19.1 Å². The summed E-state index contributed by atoms with van der Waals surface area (Å²) < 4.78 is 28.8. The van der Waals surface area contributed by atoms with E-state index in [0.717, 1.165) is 11.8 Å². The highest BCUT2D eigenvalue weighted by atomic mass is 32.2. The molecule has 2 N–H and O–H groups in total. The highest BCUT2D eigenvalue weighted by molar-refractivity contribution is 7.87. The Kier molecular flexibility index (Phi) is 3.72. The molecule has 1 heterocycles. The fourth-order valence-electron chi connectivity index (χ4n) is 1.42. The fourth-order valence-corrected chi connectivity index (χ4v) is 2.31. The molecule has 0 unspecified atom stereocenters. The number of aromatic nitrogens is 2. The predicted molar refractivity (Wildman–Crippen MR) is 72.1 cm³/mol. The summed E-state index contributed by atoms with van der Waals surface area (Å²) in [5, 5.41) is 10.8. The van der Waals surface area contributed by atoms with Crippen LogP contribution in [-0.2, 0) is 10.1 Å². The number of benzene rings is 1. The van der Waals surface area contributed by atoms with Crippen molar-refractivity contribution in [2.45, 2.75) is 11.8 Å². The summed E-state index contributed by atoms with van der Waals surface area (Å²) in [7, 11) is -4.25. The molecule has 0 spiro atoms. The minimum atomic E-state index is -4.25. The van der Waals surface area contributed by atoms with Crippen LogP contribution in [0.25, 0.3) is 0 Å². The van der Waals surface area contributed by atoms with E-state index in [2.05, 4.69) is 9.97 Å².